The summed E-state index contributed by atoms with van der Waals surface area (Å²) >= 11 is 6.27. The quantitative estimate of drug-likeness (QED) is 0.184. The van der Waals surface area contributed by atoms with Gasteiger partial charge in [-0.1, -0.05) is 23.7 Å². The highest BCUT2D eigenvalue weighted by Gasteiger charge is 2.35. The van der Waals surface area contributed by atoms with Crippen LogP contribution in [-0.4, -0.2) is 79.4 Å². The van der Waals surface area contributed by atoms with Crippen LogP contribution < -0.4 is 0 Å². The van der Waals surface area contributed by atoms with Crippen LogP contribution in [0, 0.1) is 6.92 Å². The molecular weight excluding hydrogens is 654 g/mol. The average Bonchev–Trinajstić information content (AvgIpc) is 3.81. The number of carbonyl (C=O) groups excluding carboxylic acids is 1. The molecule has 2 saturated heterocycles. The van der Waals surface area contributed by atoms with Crippen molar-refractivity contribution in [2.24, 2.45) is 7.05 Å². The fraction of sp³-hybridized carbons (Fsp3) is 0.436. The van der Waals surface area contributed by atoms with Crippen molar-refractivity contribution in [2.45, 2.75) is 77.5 Å². The lowest BCUT2D eigenvalue weighted by Gasteiger charge is -2.35. The van der Waals surface area contributed by atoms with Crippen LogP contribution in [0.4, 0.5) is 0 Å². The number of carboxylic acid groups (broad SMARTS) is 1. The number of hydrogen-bond acceptors (Lipinski definition) is 7. The molecule has 3 aromatic carbocycles. The molecule has 2 aliphatic rings. The molecule has 0 unspecified atom stereocenters. The smallest absolute Gasteiger partial charge is 0.337 e. The number of amides is 1. The number of nitrogens with zero attached hydrogens (tertiary/aromatic N) is 5. The third-order valence-corrected chi connectivity index (χ3v) is 10.4. The molecule has 50 heavy (non-hydrogen) atoms. The van der Waals surface area contributed by atoms with Crippen molar-refractivity contribution in [1.29, 1.82) is 0 Å². The third-order valence-electron chi connectivity index (χ3n) is 10.2. The molecule has 1 N–H and O–H groups in total. The van der Waals surface area contributed by atoms with Crippen molar-refractivity contribution in [3.63, 3.8) is 0 Å². The van der Waals surface area contributed by atoms with E-state index in [0.29, 0.717) is 45.1 Å². The standard InChI is InChI=1S/C39H44ClN5O5/c1-22-19-30-35(33(24-7-10-27(40)11-8-24)32(22)36(38(47)48)50-39(3,4)5)49-37(41-30)26-9-12-31-29(20-26)34(42-43(31)6)25-13-16-44(17-14-25)28-15-18-45(21-28)23(2)46/h7-12,19-20,25,28,36H,13-18,21H2,1-6H3,(H,47,48)/t28-,36+/m1/s1. The highest BCUT2D eigenvalue weighted by molar-refractivity contribution is 6.30. The van der Waals surface area contributed by atoms with Gasteiger partial charge in [0.1, 0.15) is 5.52 Å². The van der Waals surface area contributed by atoms with E-state index < -0.39 is 17.7 Å². The Morgan fingerprint density at radius 2 is 1.72 bits per heavy atom. The second kappa shape index (κ2) is 13.1. The number of aromatic nitrogens is 3. The van der Waals surface area contributed by atoms with E-state index in [9.17, 15) is 14.7 Å². The number of rotatable bonds is 7. The molecule has 10 nitrogen and oxygen atoms in total. The number of oxazole rings is 1. The van der Waals surface area contributed by atoms with E-state index in [1.807, 2.05) is 68.6 Å². The Labute approximate surface area is 297 Å². The molecule has 2 fully saturated rings. The molecule has 0 radical (unpaired) electrons. The predicted octanol–water partition coefficient (Wildman–Crippen LogP) is 7.75. The molecule has 2 aliphatic heterocycles. The first-order valence-corrected chi connectivity index (χ1v) is 17.7. The van der Waals surface area contributed by atoms with Crippen LogP contribution in [0.3, 0.4) is 0 Å². The molecule has 262 valence electrons. The number of carbonyl (C=O) groups is 2. The van der Waals surface area contributed by atoms with Crippen LogP contribution in [-0.2, 0) is 21.4 Å². The van der Waals surface area contributed by atoms with Gasteiger partial charge in [-0.15, -0.1) is 0 Å². The van der Waals surface area contributed by atoms with Crippen molar-refractivity contribution in [3.8, 4) is 22.6 Å². The number of piperidine rings is 1. The third kappa shape index (κ3) is 6.52. The lowest BCUT2D eigenvalue weighted by Crippen LogP contribution is -2.43. The van der Waals surface area contributed by atoms with Gasteiger partial charge in [0.15, 0.2) is 11.7 Å². The Hall–Kier alpha value is -4.25. The first-order valence-electron chi connectivity index (χ1n) is 17.3. The molecule has 2 atom stereocenters. The number of likely N-dealkylation sites (tertiary alicyclic amines) is 2. The molecular formula is C39H44ClN5O5. The van der Waals surface area contributed by atoms with E-state index in [0.717, 1.165) is 78.7 Å². The average molecular weight is 698 g/mol. The molecule has 7 rings (SSSR count). The number of aliphatic carboxylic acids is 1. The summed E-state index contributed by atoms with van der Waals surface area (Å²) in [4.78, 5) is 34.1. The number of halogens is 1. The minimum absolute atomic E-state index is 0.160. The van der Waals surface area contributed by atoms with Gasteiger partial charge >= 0.3 is 5.97 Å². The van der Waals surface area contributed by atoms with E-state index in [2.05, 4.69) is 17.0 Å². The van der Waals surface area contributed by atoms with Gasteiger partial charge in [0.05, 0.1) is 16.8 Å². The van der Waals surface area contributed by atoms with Crippen LogP contribution in [0.5, 0.6) is 0 Å². The minimum Gasteiger partial charge on any atom is -0.479 e. The van der Waals surface area contributed by atoms with E-state index in [1.165, 1.54) is 0 Å². The van der Waals surface area contributed by atoms with Crippen molar-refractivity contribution in [2.75, 3.05) is 26.2 Å². The Kier molecular flexibility index (Phi) is 8.99. The molecule has 11 heteroatoms. The zero-order chi connectivity index (χ0) is 35.5. The van der Waals surface area contributed by atoms with Crippen LogP contribution in [0.2, 0.25) is 5.02 Å². The minimum atomic E-state index is -1.24. The monoisotopic (exact) mass is 697 g/mol. The second-order valence-electron chi connectivity index (χ2n) is 14.8. The first kappa shape index (κ1) is 34.2. The van der Waals surface area contributed by atoms with Gasteiger partial charge in [-0.05, 0) is 108 Å². The second-order valence-corrected chi connectivity index (χ2v) is 15.2. The summed E-state index contributed by atoms with van der Waals surface area (Å²) in [5.74, 6) is -0.165. The van der Waals surface area contributed by atoms with Gasteiger partial charge in [0, 0.05) is 66.1 Å². The zero-order valence-electron chi connectivity index (χ0n) is 29.5. The van der Waals surface area contributed by atoms with Crippen LogP contribution in [0.1, 0.15) is 75.8 Å². The summed E-state index contributed by atoms with van der Waals surface area (Å²) in [6, 6.07) is 15.8. The van der Waals surface area contributed by atoms with Crippen molar-refractivity contribution in [3.05, 3.63) is 70.4 Å². The van der Waals surface area contributed by atoms with Gasteiger partial charge in [0.2, 0.25) is 11.8 Å². The maximum Gasteiger partial charge on any atom is 0.337 e. The van der Waals surface area contributed by atoms with Crippen LogP contribution >= 0.6 is 11.6 Å². The normalized spacial score (nSPS) is 18.4. The van der Waals surface area contributed by atoms with Crippen LogP contribution in [0.15, 0.2) is 52.9 Å². The fourth-order valence-corrected chi connectivity index (χ4v) is 7.88. The van der Waals surface area contributed by atoms with Gasteiger partial charge < -0.3 is 19.2 Å². The molecule has 1 amide bonds. The number of carboxylic acids is 1. The van der Waals surface area contributed by atoms with E-state index in [4.69, 9.17) is 30.8 Å². The Balaban J connectivity index is 1.26. The molecule has 0 spiro atoms. The number of aryl methyl sites for hydroxylation is 2. The van der Waals surface area contributed by atoms with Crippen molar-refractivity contribution in [1.82, 2.24) is 24.6 Å². The highest BCUT2D eigenvalue weighted by atomic mass is 35.5. The van der Waals surface area contributed by atoms with Crippen LogP contribution in [0.25, 0.3) is 44.6 Å². The maximum atomic E-state index is 12.7. The van der Waals surface area contributed by atoms with Gasteiger partial charge in [0.25, 0.3) is 0 Å². The zero-order valence-corrected chi connectivity index (χ0v) is 30.3. The maximum absolute atomic E-state index is 12.7. The summed E-state index contributed by atoms with van der Waals surface area (Å²) in [6.45, 7) is 12.7. The molecule has 0 saturated carbocycles. The first-order chi connectivity index (χ1) is 23.8. The SMILES string of the molecule is CC(=O)N1CC[C@@H](N2CCC(c3nn(C)c4ccc(-c5nc6cc(C)c([C@H](OC(C)(C)C)C(=O)O)c(-c7ccc(Cl)cc7)c6o5)cc34)CC2)C1. The van der Waals surface area contributed by atoms with Gasteiger partial charge in [-0.2, -0.15) is 5.10 Å². The molecule has 5 aromatic rings. The number of benzene rings is 3. The van der Waals surface area contributed by atoms with Gasteiger partial charge in [-0.3, -0.25) is 14.4 Å². The van der Waals surface area contributed by atoms with Crippen molar-refractivity contribution < 1.29 is 23.8 Å². The number of fused-ring (bicyclic) bond motifs is 2. The topological polar surface area (TPSA) is 114 Å². The summed E-state index contributed by atoms with van der Waals surface area (Å²) in [5.41, 5.74) is 5.98. The Morgan fingerprint density at radius 1 is 1.02 bits per heavy atom. The lowest BCUT2D eigenvalue weighted by molar-refractivity contribution is -0.160. The molecule has 2 aromatic heterocycles. The summed E-state index contributed by atoms with van der Waals surface area (Å²) < 4.78 is 14.7. The fourth-order valence-electron chi connectivity index (χ4n) is 7.75. The molecule has 0 bridgehead atoms. The Morgan fingerprint density at radius 3 is 2.36 bits per heavy atom. The van der Waals surface area contributed by atoms with E-state index in [1.54, 1.807) is 19.1 Å². The lowest BCUT2D eigenvalue weighted by atomic mass is 9.90. The molecule has 4 heterocycles. The van der Waals surface area contributed by atoms with Crippen molar-refractivity contribution >= 4 is 45.5 Å². The van der Waals surface area contributed by atoms with E-state index in [-0.39, 0.29) is 5.91 Å². The number of hydrogen-bond donors (Lipinski definition) is 1. The van der Waals surface area contributed by atoms with Gasteiger partial charge in [-0.25, -0.2) is 9.78 Å². The number of ether oxygens (including phenoxy) is 1. The highest BCUT2D eigenvalue weighted by Crippen LogP contribution is 2.43. The summed E-state index contributed by atoms with van der Waals surface area (Å²) in [5, 5.41) is 17.1. The molecule has 0 aliphatic carbocycles. The summed E-state index contributed by atoms with van der Waals surface area (Å²) in [6.07, 6.45) is 1.81. The largest absolute Gasteiger partial charge is 0.479 e. The van der Waals surface area contributed by atoms with E-state index >= 15 is 0 Å². The Bertz CT molecular complexity index is 2090. The summed E-state index contributed by atoms with van der Waals surface area (Å²) in [7, 11) is 1.98. The predicted molar refractivity (Wildman–Crippen MR) is 194 cm³/mol.